The number of hydrogen-bond donors (Lipinski definition) is 2. The zero-order valence-corrected chi connectivity index (χ0v) is 15.1. The second kappa shape index (κ2) is 8.83. The zero-order valence-electron chi connectivity index (χ0n) is 15.1. The van der Waals surface area contributed by atoms with Crippen molar-refractivity contribution in [3.8, 4) is 5.75 Å². The van der Waals surface area contributed by atoms with Crippen LogP contribution < -0.4 is 10.1 Å². The Morgan fingerprint density at radius 2 is 1.92 bits per heavy atom. The summed E-state index contributed by atoms with van der Waals surface area (Å²) in [5.74, 6) is 0.0887. The first kappa shape index (κ1) is 18.4. The molecular weight excluding hydrogens is 328 g/mol. The third kappa shape index (κ3) is 4.42. The van der Waals surface area contributed by atoms with E-state index in [1.54, 1.807) is 7.11 Å². The molecule has 0 spiro atoms. The number of ether oxygens (including phenoxy) is 1. The van der Waals surface area contributed by atoms with Gasteiger partial charge in [0.1, 0.15) is 5.75 Å². The summed E-state index contributed by atoms with van der Waals surface area (Å²) in [5, 5.41) is 13.0. The minimum atomic E-state index is -0.781. The quantitative estimate of drug-likeness (QED) is 0.800. The van der Waals surface area contributed by atoms with Gasteiger partial charge in [0.15, 0.2) is 0 Å². The van der Waals surface area contributed by atoms with Gasteiger partial charge in [-0.25, -0.2) is 0 Å². The minimum Gasteiger partial charge on any atom is -0.496 e. The van der Waals surface area contributed by atoms with Crippen LogP contribution in [0.1, 0.15) is 30.0 Å². The summed E-state index contributed by atoms with van der Waals surface area (Å²) in [7, 11) is 1.68. The Hall–Kier alpha value is -2.37. The molecule has 1 aliphatic heterocycles. The van der Waals surface area contributed by atoms with E-state index in [4.69, 9.17) is 4.74 Å². The number of nitrogens with zero attached hydrogens (tertiary/aromatic N) is 1. The molecule has 5 nitrogen and oxygen atoms in total. The van der Waals surface area contributed by atoms with Crippen molar-refractivity contribution in [2.75, 3.05) is 20.2 Å². The van der Waals surface area contributed by atoms with Crippen molar-refractivity contribution in [2.24, 2.45) is 0 Å². The number of likely N-dealkylation sites (tertiary alicyclic amines) is 1. The molecule has 1 aliphatic rings. The maximum atomic E-state index is 11.3. The van der Waals surface area contributed by atoms with E-state index in [1.807, 2.05) is 36.4 Å². The van der Waals surface area contributed by atoms with E-state index >= 15 is 0 Å². The van der Waals surface area contributed by atoms with Gasteiger partial charge in [0.2, 0.25) is 0 Å². The Bertz CT molecular complexity index is 720. The van der Waals surface area contributed by atoms with Crippen LogP contribution in [0.2, 0.25) is 0 Å². The molecule has 2 aromatic carbocycles. The molecule has 2 aromatic rings. The Kier molecular flexibility index (Phi) is 6.26. The Morgan fingerprint density at radius 1 is 1.19 bits per heavy atom. The highest BCUT2D eigenvalue weighted by atomic mass is 16.5. The van der Waals surface area contributed by atoms with Gasteiger partial charge in [0.25, 0.3) is 0 Å². The van der Waals surface area contributed by atoms with Crippen molar-refractivity contribution in [3.05, 3.63) is 65.7 Å². The molecule has 0 aromatic heterocycles. The normalized spacial score (nSPS) is 20.7. The molecule has 0 radical (unpaired) electrons. The van der Waals surface area contributed by atoms with Crippen LogP contribution in [0.4, 0.5) is 0 Å². The number of carboxylic acid groups (broad SMARTS) is 1. The van der Waals surface area contributed by atoms with E-state index in [9.17, 15) is 9.90 Å². The fourth-order valence-corrected chi connectivity index (χ4v) is 3.81. The molecule has 5 heteroatoms. The number of piperidine rings is 1. The lowest BCUT2D eigenvalue weighted by Crippen LogP contribution is -2.49. The van der Waals surface area contributed by atoms with Crippen LogP contribution in [0.5, 0.6) is 5.75 Å². The Labute approximate surface area is 154 Å². The van der Waals surface area contributed by atoms with Gasteiger partial charge >= 0.3 is 5.97 Å². The summed E-state index contributed by atoms with van der Waals surface area (Å²) in [6.45, 7) is 1.56. The highest BCUT2D eigenvalue weighted by molar-refractivity contribution is 5.69. The Morgan fingerprint density at radius 3 is 2.65 bits per heavy atom. The lowest BCUT2D eigenvalue weighted by Gasteiger charge is -2.41. The van der Waals surface area contributed by atoms with Crippen LogP contribution in [0.3, 0.4) is 0 Å². The first-order valence-corrected chi connectivity index (χ1v) is 9.05. The van der Waals surface area contributed by atoms with Crippen molar-refractivity contribution >= 4 is 5.97 Å². The zero-order chi connectivity index (χ0) is 18.4. The van der Waals surface area contributed by atoms with Gasteiger partial charge in [0.05, 0.1) is 19.7 Å². The smallest absolute Gasteiger partial charge is 0.317 e. The number of carboxylic acids is 1. The second-order valence-electron chi connectivity index (χ2n) is 6.66. The number of methoxy groups -OCH3 is 1. The van der Waals surface area contributed by atoms with E-state index in [0.717, 1.165) is 36.3 Å². The maximum absolute atomic E-state index is 11.3. The predicted octanol–water partition coefficient (Wildman–Crippen LogP) is 3.08. The molecule has 0 bridgehead atoms. The Balaban J connectivity index is 1.79. The van der Waals surface area contributed by atoms with E-state index in [0.29, 0.717) is 6.54 Å². The number of benzene rings is 2. The second-order valence-corrected chi connectivity index (χ2v) is 6.66. The molecule has 0 aliphatic carbocycles. The molecule has 3 rings (SSSR count). The molecule has 0 saturated carbocycles. The molecule has 1 fully saturated rings. The average Bonchev–Trinajstić information content (AvgIpc) is 2.67. The lowest BCUT2D eigenvalue weighted by atomic mass is 9.90. The standard InChI is InChI=1S/C21H26N2O3/c1-26-19-12-6-5-10-17(19)14-22-18-11-7-13-23(15-20(24)25)21(18)16-8-3-2-4-9-16/h2-6,8-10,12,18,21-22H,7,11,13-15H2,1H3,(H,24,25). The molecule has 2 unspecified atom stereocenters. The molecule has 26 heavy (non-hydrogen) atoms. The predicted molar refractivity (Wildman–Crippen MR) is 101 cm³/mol. The van der Waals surface area contributed by atoms with E-state index in [1.165, 1.54) is 0 Å². The van der Waals surface area contributed by atoms with Gasteiger partial charge in [-0.2, -0.15) is 0 Å². The fraction of sp³-hybridized carbons (Fsp3) is 0.381. The molecule has 2 atom stereocenters. The summed E-state index contributed by atoms with van der Waals surface area (Å²) >= 11 is 0. The van der Waals surface area contributed by atoms with Crippen molar-refractivity contribution < 1.29 is 14.6 Å². The molecule has 2 N–H and O–H groups in total. The summed E-state index contributed by atoms with van der Waals surface area (Å²) in [6, 6.07) is 18.4. The summed E-state index contributed by atoms with van der Waals surface area (Å²) < 4.78 is 5.44. The first-order chi connectivity index (χ1) is 12.7. The van der Waals surface area contributed by atoms with Crippen LogP contribution >= 0.6 is 0 Å². The van der Waals surface area contributed by atoms with Gasteiger partial charge in [0, 0.05) is 18.2 Å². The van der Waals surface area contributed by atoms with Gasteiger partial charge in [-0.3, -0.25) is 9.69 Å². The number of aliphatic carboxylic acids is 1. The summed E-state index contributed by atoms with van der Waals surface area (Å²) in [5.41, 5.74) is 2.27. The highest BCUT2D eigenvalue weighted by Crippen LogP contribution is 2.31. The van der Waals surface area contributed by atoms with Crippen LogP contribution in [0.15, 0.2) is 54.6 Å². The van der Waals surface area contributed by atoms with Crippen LogP contribution in [0.25, 0.3) is 0 Å². The molecule has 138 valence electrons. The van der Waals surface area contributed by atoms with Crippen molar-refractivity contribution in [1.29, 1.82) is 0 Å². The molecule has 1 saturated heterocycles. The lowest BCUT2D eigenvalue weighted by molar-refractivity contribution is -0.139. The van der Waals surface area contributed by atoms with E-state index in [2.05, 4.69) is 28.4 Å². The third-order valence-corrected chi connectivity index (χ3v) is 4.96. The SMILES string of the molecule is COc1ccccc1CNC1CCCN(CC(=O)O)C1c1ccccc1. The van der Waals surface area contributed by atoms with Gasteiger partial charge in [-0.05, 0) is 31.0 Å². The van der Waals surface area contributed by atoms with E-state index < -0.39 is 5.97 Å². The number of nitrogens with one attached hydrogen (secondary N) is 1. The van der Waals surface area contributed by atoms with Crippen molar-refractivity contribution in [3.63, 3.8) is 0 Å². The summed E-state index contributed by atoms with van der Waals surface area (Å²) in [6.07, 6.45) is 2.00. The van der Waals surface area contributed by atoms with Crippen LogP contribution in [-0.2, 0) is 11.3 Å². The van der Waals surface area contributed by atoms with Crippen molar-refractivity contribution in [1.82, 2.24) is 10.2 Å². The molecular formula is C21H26N2O3. The largest absolute Gasteiger partial charge is 0.496 e. The number of hydrogen-bond acceptors (Lipinski definition) is 4. The summed E-state index contributed by atoms with van der Waals surface area (Å²) in [4.78, 5) is 13.4. The molecule has 1 heterocycles. The number of para-hydroxylation sites is 1. The average molecular weight is 354 g/mol. The highest BCUT2D eigenvalue weighted by Gasteiger charge is 2.33. The topological polar surface area (TPSA) is 61.8 Å². The van der Waals surface area contributed by atoms with E-state index in [-0.39, 0.29) is 18.6 Å². The van der Waals surface area contributed by atoms with Crippen molar-refractivity contribution in [2.45, 2.75) is 31.5 Å². The number of rotatable bonds is 7. The van der Waals surface area contributed by atoms with Gasteiger partial charge in [-0.15, -0.1) is 0 Å². The minimum absolute atomic E-state index is 0.0516. The third-order valence-electron chi connectivity index (χ3n) is 4.96. The van der Waals surface area contributed by atoms with Gasteiger partial charge < -0.3 is 15.2 Å². The maximum Gasteiger partial charge on any atom is 0.317 e. The van der Waals surface area contributed by atoms with Crippen LogP contribution in [-0.4, -0.2) is 42.2 Å². The van der Waals surface area contributed by atoms with Crippen LogP contribution in [0, 0.1) is 0 Å². The van der Waals surface area contributed by atoms with Gasteiger partial charge in [-0.1, -0.05) is 48.5 Å². The first-order valence-electron chi connectivity index (χ1n) is 9.05. The monoisotopic (exact) mass is 354 g/mol. The molecule has 0 amide bonds. The fourth-order valence-electron chi connectivity index (χ4n) is 3.81. The number of carbonyl (C=O) groups is 1.